The largest absolute Gasteiger partial charge is 0.367 e. The Morgan fingerprint density at radius 3 is 3.06 bits per heavy atom. The average molecular weight is 214 g/mol. The second-order valence-corrected chi connectivity index (χ2v) is 4.05. The molecule has 3 heterocycles. The third kappa shape index (κ3) is 1.72. The number of nitrogens with zero attached hydrogens (tertiary/aromatic N) is 2. The Balaban J connectivity index is 1.93. The predicted molar refractivity (Wildman–Crippen MR) is 61.8 cm³/mol. The average Bonchev–Trinajstić information content (AvgIpc) is 3.03. The third-order valence-corrected chi connectivity index (χ3v) is 2.94. The maximum absolute atomic E-state index is 4.60. The molecule has 4 heteroatoms. The van der Waals surface area contributed by atoms with Crippen molar-refractivity contribution in [2.45, 2.75) is 18.9 Å². The zero-order valence-corrected chi connectivity index (χ0v) is 8.98. The first-order valence-corrected chi connectivity index (χ1v) is 5.63. The minimum atomic E-state index is 0.332. The van der Waals surface area contributed by atoms with Crippen molar-refractivity contribution in [2.24, 2.45) is 0 Å². The van der Waals surface area contributed by atoms with Gasteiger partial charge in [-0.05, 0) is 31.5 Å². The van der Waals surface area contributed by atoms with Crippen LogP contribution in [0.4, 0.5) is 0 Å². The van der Waals surface area contributed by atoms with Crippen LogP contribution in [0, 0.1) is 0 Å². The molecular weight excluding hydrogens is 200 g/mol. The molecule has 0 amide bonds. The van der Waals surface area contributed by atoms with Gasteiger partial charge in [-0.25, -0.2) is 9.97 Å². The number of H-pyrrole nitrogens is 1. The van der Waals surface area contributed by atoms with Crippen LogP contribution in [0.3, 0.4) is 0 Å². The second kappa shape index (κ2) is 4.06. The molecule has 1 aliphatic rings. The molecule has 1 aliphatic heterocycles. The van der Waals surface area contributed by atoms with Crippen LogP contribution >= 0.6 is 0 Å². The highest BCUT2D eigenvalue weighted by molar-refractivity contribution is 5.57. The number of hydrogen-bond donors (Lipinski definition) is 2. The molecule has 0 aliphatic carbocycles. The van der Waals surface area contributed by atoms with Crippen LogP contribution in [0.2, 0.25) is 0 Å². The Kier molecular flexibility index (Phi) is 2.42. The minimum Gasteiger partial charge on any atom is -0.367 e. The molecular formula is C12H14N4. The van der Waals surface area contributed by atoms with Gasteiger partial charge in [-0.15, -0.1) is 0 Å². The second-order valence-electron chi connectivity index (χ2n) is 4.05. The predicted octanol–water partition coefficient (Wildman–Crippen LogP) is 1.90. The Labute approximate surface area is 94.1 Å². The van der Waals surface area contributed by atoms with Crippen LogP contribution in [0.1, 0.15) is 24.7 Å². The molecule has 1 saturated heterocycles. The summed E-state index contributed by atoms with van der Waals surface area (Å²) in [7, 11) is 0. The van der Waals surface area contributed by atoms with E-state index in [9.17, 15) is 0 Å². The zero-order chi connectivity index (χ0) is 10.8. The lowest BCUT2D eigenvalue weighted by molar-refractivity contribution is 0.605. The third-order valence-electron chi connectivity index (χ3n) is 2.94. The number of nitrogens with one attached hydrogen (secondary N) is 2. The Morgan fingerprint density at radius 1 is 1.31 bits per heavy atom. The van der Waals surface area contributed by atoms with E-state index in [0.717, 1.165) is 30.0 Å². The first-order valence-electron chi connectivity index (χ1n) is 5.63. The monoisotopic (exact) mass is 214 g/mol. The van der Waals surface area contributed by atoms with E-state index < -0.39 is 0 Å². The van der Waals surface area contributed by atoms with E-state index in [0.29, 0.717) is 6.04 Å². The molecule has 0 bridgehead atoms. The summed E-state index contributed by atoms with van der Waals surface area (Å²) < 4.78 is 0. The number of aromatic amines is 1. The molecule has 0 aromatic carbocycles. The van der Waals surface area contributed by atoms with Gasteiger partial charge in [0.1, 0.15) is 5.82 Å². The van der Waals surface area contributed by atoms with Crippen LogP contribution in [0.25, 0.3) is 11.3 Å². The first kappa shape index (κ1) is 9.54. The van der Waals surface area contributed by atoms with Gasteiger partial charge in [-0.2, -0.15) is 0 Å². The summed E-state index contributed by atoms with van der Waals surface area (Å²) >= 11 is 0. The van der Waals surface area contributed by atoms with Gasteiger partial charge < -0.3 is 10.3 Å². The zero-order valence-electron chi connectivity index (χ0n) is 8.98. The molecule has 0 radical (unpaired) electrons. The molecule has 0 spiro atoms. The lowest BCUT2D eigenvalue weighted by atomic mass is 10.2. The molecule has 16 heavy (non-hydrogen) atoms. The maximum atomic E-state index is 4.60. The van der Waals surface area contributed by atoms with Gasteiger partial charge in [0.05, 0.1) is 11.7 Å². The van der Waals surface area contributed by atoms with Crippen molar-refractivity contribution in [1.82, 2.24) is 20.3 Å². The Morgan fingerprint density at radius 2 is 2.31 bits per heavy atom. The van der Waals surface area contributed by atoms with E-state index in [1.54, 1.807) is 0 Å². The summed E-state index contributed by atoms with van der Waals surface area (Å²) in [6.07, 6.45) is 8.04. The molecule has 82 valence electrons. The van der Waals surface area contributed by atoms with Crippen molar-refractivity contribution in [3.63, 3.8) is 0 Å². The fourth-order valence-corrected chi connectivity index (χ4v) is 2.09. The SMILES string of the molecule is c1cc(-c2cc[nH]c2)nc(C2CCCN2)n1. The van der Waals surface area contributed by atoms with E-state index >= 15 is 0 Å². The van der Waals surface area contributed by atoms with E-state index in [-0.39, 0.29) is 0 Å². The van der Waals surface area contributed by atoms with Gasteiger partial charge in [-0.1, -0.05) is 0 Å². The summed E-state index contributed by atoms with van der Waals surface area (Å²) in [5, 5.41) is 3.41. The van der Waals surface area contributed by atoms with E-state index in [1.807, 2.05) is 30.7 Å². The van der Waals surface area contributed by atoms with Gasteiger partial charge >= 0.3 is 0 Å². The van der Waals surface area contributed by atoms with Crippen LogP contribution < -0.4 is 5.32 Å². The van der Waals surface area contributed by atoms with E-state index in [1.165, 1.54) is 6.42 Å². The molecule has 0 saturated carbocycles. The standard InChI is InChI=1S/C12H14N4/c1-2-11(14-5-1)12-15-7-4-10(16-12)9-3-6-13-8-9/h3-4,6-8,11,13-14H,1-2,5H2. The molecule has 1 fully saturated rings. The first-order chi connectivity index (χ1) is 7.93. The van der Waals surface area contributed by atoms with Crippen molar-refractivity contribution in [3.8, 4) is 11.3 Å². The van der Waals surface area contributed by atoms with Crippen molar-refractivity contribution >= 4 is 0 Å². The maximum Gasteiger partial charge on any atom is 0.145 e. The van der Waals surface area contributed by atoms with Crippen molar-refractivity contribution in [3.05, 3.63) is 36.5 Å². The molecule has 2 N–H and O–H groups in total. The van der Waals surface area contributed by atoms with E-state index in [4.69, 9.17) is 0 Å². The van der Waals surface area contributed by atoms with Crippen molar-refractivity contribution in [2.75, 3.05) is 6.54 Å². The summed E-state index contributed by atoms with van der Waals surface area (Å²) in [5.41, 5.74) is 2.10. The minimum absolute atomic E-state index is 0.332. The normalized spacial score (nSPS) is 20.1. The molecule has 2 aromatic rings. The fraction of sp³-hybridized carbons (Fsp3) is 0.333. The van der Waals surface area contributed by atoms with Gasteiger partial charge in [0.15, 0.2) is 0 Å². The van der Waals surface area contributed by atoms with Gasteiger partial charge in [0, 0.05) is 24.2 Å². The lowest BCUT2D eigenvalue weighted by Crippen LogP contribution is -2.15. The van der Waals surface area contributed by atoms with Crippen LogP contribution in [0.5, 0.6) is 0 Å². The van der Waals surface area contributed by atoms with Crippen LogP contribution in [0.15, 0.2) is 30.7 Å². The quantitative estimate of drug-likeness (QED) is 0.802. The van der Waals surface area contributed by atoms with Crippen LogP contribution in [-0.4, -0.2) is 21.5 Å². The van der Waals surface area contributed by atoms with Gasteiger partial charge in [0.2, 0.25) is 0 Å². The highest BCUT2D eigenvalue weighted by Gasteiger charge is 2.18. The Bertz CT molecular complexity index is 458. The topological polar surface area (TPSA) is 53.6 Å². The molecule has 3 rings (SSSR count). The van der Waals surface area contributed by atoms with Gasteiger partial charge in [0.25, 0.3) is 0 Å². The highest BCUT2D eigenvalue weighted by atomic mass is 15.0. The summed E-state index contributed by atoms with van der Waals surface area (Å²) in [6.45, 7) is 1.07. The van der Waals surface area contributed by atoms with Crippen LogP contribution in [-0.2, 0) is 0 Å². The molecule has 4 nitrogen and oxygen atoms in total. The van der Waals surface area contributed by atoms with E-state index in [2.05, 4.69) is 20.3 Å². The number of hydrogen-bond acceptors (Lipinski definition) is 3. The summed E-state index contributed by atoms with van der Waals surface area (Å²) in [6, 6.07) is 4.30. The summed E-state index contributed by atoms with van der Waals surface area (Å²) in [5.74, 6) is 0.913. The molecule has 1 atom stereocenters. The molecule has 2 aromatic heterocycles. The van der Waals surface area contributed by atoms with Crippen molar-refractivity contribution < 1.29 is 0 Å². The van der Waals surface area contributed by atoms with Gasteiger partial charge in [-0.3, -0.25) is 0 Å². The number of rotatable bonds is 2. The molecule has 1 unspecified atom stereocenters. The highest BCUT2D eigenvalue weighted by Crippen LogP contribution is 2.22. The fourth-order valence-electron chi connectivity index (χ4n) is 2.09. The smallest absolute Gasteiger partial charge is 0.145 e. The summed E-state index contributed by atoms with van der Waals surface area (Å²) in [4.78, 5) is 12.0. The Hall–Kier alpha value is -1.68. The lowest BCUT2D eigenvalue weighted by Gasteiger charge is -2.08. The number of aromatic nitrogens is 3. The van der Waals surface area contributed by atoms with Crippen molar-refractivity contribution in [1.29, 1.82) is 0 Å².